The molecular formula is C20H21F5N4O5S. The maximum Gasteiger partial charge on any atom is 0.419 e. The molecule has 0 radical (unpaired) electrons. The molecule has 15 heteroatoms. The first-order valence-corrected chi connectivity index (χ1v) is 11.4. The summed E-state index contributed by atoms with van der Waals surface area (Å²) in [5.74, 6) is -4.50. The van der Waals surface area contributed by atoms with Crippen molar-refractivity contribution in [3.8, 4) is 5.75 Å². The molecule has 0 aliphatic carbocycles. The van der Waals surface area contributed by atoms with E-state index in [1.165, 1.54) is 6.07 Å². The van der Waals surface area contributed by atoms with Crippen LogP contribution in [0.4, 0.5) is 33.3 Å². The number of sulfonamides is 1. The molecule has 3 N–H and O–H groups in total. The molecule has 1 aromatic carbocycles. The number of carbonyl (C=O) groups excluding carboxylic acids is 1. The number of ether oxygens (including phenoxy) is 2. The second kappa shape index (κ2) is 8.87. The molecule has 9 nitrogen and oxygen atoms in total. The topological polar surface area (TPSA) is 124 Å². The van der Waals surface area contributed by atoms with Crippen molar-refractivity contribution in [3.05, 3.63) is 42.1 Å². The highest BCUT2D eigenvalue weighted by Crippen LogP contribution is 2.51. The van der Waals surface area contributed by atoms with Crippen molar-refractivity contribution in [3.63, 3.8) is 0 Å². The molecule has 1 aromatic heterocycles. The van der Waals surface area contributed by atoms with E-state index in [0.29, 0.717) is 6.07 Å². The minimum absolute atomic E-state index is 0.130. The molecule has 1 aliphatic rings. The SMILES string of the molecule is COc1c(N2C[C@](OC)(C(F)(F)F)C[C@@]2(C)C(=O)Nc2ccnc(S(N)(=O)=O)c2)ccc(F)c1F. The van der Waals surface area contributed by atoms with Gasteiger partial charge in [0.1, 0.15) is 5.54 Å². The Kier molecular flexibility index (Phi) is 6.73. The van der Waals surface area contributed by atoms with Gasteiger partial charge in [-0.05, 0) is 25.1 Å². The predicted molar refractivity (Wildman–Crippen MR) is 113 cm³/mol. The summed E-state index contributed by atoms with van der Waals surface area (Å²) in [6.07, 6.45) is -4.87. The molecule has 1 saturated heterocycles. The zero-order chi connectivity index (χ0) is 26.4. The summed E-state index contributed by atoms with van der Waals surface area (Å²) < 4.78 is 103. The number of nitrogens with zero attached hydrogens (tertiary/aromatic N) is 2. The van der Waals surface area contributed by atoms with Gasteiger partial charge < -0.3 is 19.7 Å². The molecule has 2 heterocycles. The van der Waals surface area contributed by atoms with Gasteiger partial charge in [0, 0.05) is 31.5 Å². The zero-order valence-electron chi connectivity index (χ0n) is 18.6. The fourth-order valence-electron chi connectivity index (χ4n) is 3.97. The summed E-state index contributed by atoms with van der Waals surface area (Å²) in [5, 5.41) is 6.78. The van der Waals surface area contributed by atoms with Crippen LogP contribution in [0.5, 0.6) is 5.75 Å². The van der Waals surface area contributed by atoms with Gasteiger partial charge in [-0.2, -0.15) is 17.6 Å². The first-order chi connectivity index (χ1) is 16.1. The molecule has 192 valence electrons. The smallest absolute Gasteiger partial charge is 0.419 e. The average Bonchev–Trinajstić information content (AvgIpc) is 3.10. The lowest BCUT2D eigenvalue weighted by Gasteiger charge is -2.36. The van der Waals surface area contributed by atoms with Crippen LogP contribution in [0, 0.1) is 11.6 Å². The van der Waals surface area contributed by atoms with E-state index in [9.17, 15) is 35.2 Å². The molecule has 1 amide bonds. The minimum atomic E-state index is -4.96. The molecule has 0 spiro atoms. The van der Waals surface area contributed by atoms with Crippen LogP contribution in [0.25, 0.3) is 0 Å². The Morgan fingerprint density at radius 1 is 1.23 bits per heavy atom. The number of aromatic nitrogens is 1. The van der Waals surface area contributed by atoms with Gasteiger partial charge in [-0.15, -0.1) is 0 Å². The van der Waals surface area contributed by atoms with Crippen molar-refractivity contribution >= 4 is 27.3 Å². The van der Waals surface area contributed by atoms with Crippen LogP contribution in [0.1, 0.15) is 13.3 Å². The van der Waals surface area contributed by atoms with Crippen molar-refractivity contribution in [1.29, 1.82) is 0 Å². The Morgan fingerprint density at radius 2 is 1.89 bits per heavy atom. The fraction of sp³-hybridized carbons (Fsp3) is 0.400. The molecule has 2 atom stereocenters. The number of benzene rings is 1. The van der Waals surface area contributed by atoms with E-state index in [1.54, 1.807) is 0 Å². The number of hydrogen-bond acceptors (Lipinski definition) is 7. The lowest BCUT2D eigenvalue weighted by molar-refractivity contribution is -0.262. The minimum Gasteiger partial charge on any atom is -0.491 e. The standard InChI is InChI=1S/C20H21F5N4O5S/c1-18(17(30)28-11-6-7-27-14(8-11)35(26,31)32)9-19(34-3,20(23,24)25)10-29(18)13-5-4-12(21)15(22)16(13)33-2/h4-8H,9-10H2,1-3H3,(H2,26,31,32)(H,27,28,30)/t18-,19-/m0/s1. The van der Waals surface area contributed by atoms with E-state index in [2.05, 4.69) is 10.3 Å². The van der Waals surface area contributed by atoms with Crippen molar-refractivity contribution in [1.82, 2.24) is 4.98 Å². The Balaban J connectivity index is 2.14. The first kappa shape index (κ1) is 26.6. The number of amides is 1. The Morgan fingerprint density at radius 3 is 2.43 bits per heavy atom. The quantitative estimate of drug-likeness (QED) is 0.557. The van der Waals surface area contributed by atoms with Gasteiger partial charge in [-0.25, -0.2) is 22.9 Å². The predicted octanol–water partition coefficient (Wildman–Crippen LogP) is 2.57. The van der Waals surface area contributed by atoms with E-state index in [-0.39, 0.29) is 11.4 Å². The van der Waals surface area contributed by atoms with Crippen LogP contribution in [0.3, 0.4) is 0 Å². The molecule has 1 fully saturated rings. The van der Waals surface area contributed by atoms with Gasteiger partial charge in [-0.1, -0.05) is 0 Å². The van der Waals surface area contributed by atoms with E-state index in [1.807, 2.05) is 0 Å². The molecule has 0 saturated carbocycles. The van der Waals surface area contributed by atoms with Crippen molar-refractivity contribution < 1.29 is 44.6 Å². The zero-order valence-corrected chi connectivity index (χ0v) is 19.4. The summed E-state index contributed by atoms with van der Waals surface area (Å²) in [7, 11) is -2.43. The average molecular weight is 524 g/mol. The van der Waals surface area contributed by atoms with Gasteiger partial charge in [-0.3, -0.25) is 4.79 Å². The molecule has 1 aliphatic heterocycles. The molecule has 0 bridgehead atoms. The van der Waals surface area contributed by atoms with Crippen LogP contribution in [-0.2, 0) is 19.6 Å². The maximum atomic E-state index is 14.4. The van der Waals surface area contributed by atoms with Crippen LogP contribution >= 0.6 is 0 Å². The summed E-state index contributed by atoms with van der Waals surface area (Å²) >= 11 is 0. The van der Waals surface area contributed by atoms with Crippen LogP contribution in [0.15, 0.2) is 35.5 Å². The second-order valence-electron chi connectivity index (χ2n) is 8.03. The summed E-state index contributed by atoms with van der Waals surface area (Å²) in [6.45, 7) is 0.189. The number of carbonyl (C=O) groups is 1. The number of nitrogens with one attached hydrogen (secondary N) is 1. The van der Waals surface area contributed by atoms with Gasteiger partial charge in [0.2, 0.25) is 11.7 Å². The molecular weight excluding hydrogens is 503 g/mol. The number of nitrogens with two attached hydrogens (primary N) is 1. The number of anilines is 2. The second-order valence-corrected chi connectivity index (χ2v) is 9.54. The summed E-state index contributed by atoms with van der Waals surface area (Å²) in [5.41, 5.74) is -5.38. The summed E-state index contributed by atoms with van der Waals surface area (Å²) in [4.78, 5) is 17.9. The lowest BCUT2D eigenvalue weighted by atomic mass is 9.89. The van der Waals surface area contributed by atoms with E-state index in [0.717, 1.165) is 44.4 Å². The van der Waals surface area contributed by atoms with E-state index in [4.69, 9.17) is 14.6 Å². The monoisotopic (exact) mass is 524 g/mol. The number of alkyl halides is 3. The van der Waals surface area contributed by atoms with Gasteiger partial charge in [0.05, 0.1) is 19.3 Å². The van der Waals surface area contributed by atoms with Crippen molar-refractivity contribution in [2.75, 3.05) is 31.0 Å². The first-order valence-electron chi connectivity index (χ1n) is 9.81. The normalized spacial score (nSPS) is 22.8. The highest BCUT2D eigenvalue weighted by atomic mass is 32.2. The van der Waals surface area contributed by atoms with Gasteiger partial charge >= 0.3 is 6.18 Å². The number of halogens is 5. The highest BCUT2D eigenvalue weighted by Gasteiger charge is 2.67. The third-order valence-corrected chi connectivity index (χ3v) is 6.65. The maximum absolute atomic E-state index is 14.4. The molecule has 2 aromatic rings. The Bertz CT molecular complexity index is 1260. The summed E-state index contributed by atoms with van der Waals surface area (Å²) in [6, 6.07) is 3.78. The van der Waals surface area contributed by atoms with Gasteiger partial charge in [0.25, 0.3) is 10.0 Å². The van der Waals surface area contributed by atoms with Gasteiger partial charge in [0.15, 0.2) is 22.2 Å². The van der Waals surface area contributed by atoms with Crippen LogP contribution < -0.4 is 20.1 Å². The van der Waals surface area contributed by atoms with Crippen LogP contribution in [-0.4, -0.2) is 57.4 Å². The largest absolute Gasteiger partial charge is 0.491 e. The molecule has 3 rings (SSSR count). The Hall–Kier alpha value is -3.04. The number of pyridine rings is 1. The number of rotatable bonds is 6. The number of hydrogen-bond donors (Lipinski definition) is 2. The highest BCUT2D eigenvalue weighted by molar-refractivity contribution is 7.89. The lowest BCUT2D eigenvalue weighted by Crippen LogP contribution is -2.51. The third-order valence-electron chi connectivity index (χ3n) is 5.84. The fourth-order valence-corrected chi connectivity index (χ4v) is 4.47. The van der Waals surface area contributed by atoms with E-state index < -0.39 is 68.6 Å². The third kappa shape index (κ3) is 4.62. The van der Waals surface area contributed by atoms with Crippen molar-refractivity contribution in [2.45, 2.75) is 35.7 Å². The molecule has 35 heavy (non-hydrogen) atoms. The Labute approximate surface area is 197 Å². The van der Waals surface area contributed by atoms with E-state index >= 15 is 0 Å². The van der Waals surface area contributed by atoms with Crippen LogP contribution in [0.2, 0.25) is 0 Å². The van der Waals surface area contributed by atoms with Crippen molar-refractivity contribution in [2.24, 2.45) is 5.14 Å². The number of primary sulfonamides is 1. The number of methoxy groups -OCH3 is 2. The molecule has 0 unspecified atom stereocenters.